The molecule has 0 unspecified atom stereocenters. The Morgan fingerprint density at radius 1 is 1.11 bits per heavy atom. The van der Waals surface area contributed by atoms with Crippen LogP contribution in [-0.4, -0.2) is 48.4 Å². The summed E-state index contributed by atoms with van der Waals surface area (Å²) < 4.78 is 35.3. The molecule has 3 N–H and O–H groups in total. The fourth-order valence-corrected chi connectivity index (χ4v) is 5.85. The molecule has 1 atom stereocenters. The Morgan fingerprint density at radius 2 is 1.89 bits per heavy atom. The molecular formula is C26H25N3O7S2. The number of aliphatic carboxylic acids is 1. The maximum Gasteiger partial charge on any atom is 0.323 e. The summed E-state index contributed by atoms with van der Waals surface area (Å²) in [6.07, 6.45) is 0. The average molecular weight is 556 g/mol. The van der Waals surface area contributed by atoms with E-state index in [2.05, 4.69) is 9.71 Å². The van der Waals surface area contributed by atoms with Crippen LogP contribution in [-0.2, 0) is 26.2 Å². The average Bonchev–Trinajstić information content (AvgIpc) is 3.40. The number of rotatable bonds is 11. The molecule has 1 amide bonds. The summed E-state index contributed by atoms with van der Waals surface area (Å²) in [4.78, 5) is 41.4. The van der Waals surface area contributed by atoms with Crippen molar-refractivity contribution in [1.29, 1.82) is 0 Å². The highest BCUT2D eigenvalue weighted by Crippen LogP contribution is 2.29. The minimum atomic E-state index is -4.30. The number of carboxylic acid groups (broad SMARTS) is 1. The third-order valence-electron chi connectivity index (χ3n) is 5.62. The predicted molar refractivity (Wildman–Crippen MR) is 143 cm³/mol. The van der Waals surface area contributed by atoms with Gasteiger partial charge in [0, 0.05) is 22.0 Å². The van der Waals surface area contributed by atoms with Crippen LogP contribution < -0.4 is 15.0 Å². The van der Waals surface area contributed by atoms with Crippen molar-refractivity contribution >= 4 is 44.1 Å². The quantitative estimate of drug-likeness (QED) is 0.258. The van der Waals surface area contributed by atoms with Gasteiger partial charge in [-0.1, -0.05) is 24.3 Å². The summed E-state index contributed by atoms with van der Waals surface area (Å²) in [6.45, 7) is 1.38. The van der Waals surface area contributed by atoms with Gasteiger partial charge in [-0.15, -0.1) is 11.3 Å². The van der Waals surface area contributed by atoms with Crippen molar-refractivity contribution < 1.29 is 27.9 Å². The van der Waals surface area contributed by atoms with Gasteiger partial charge in [0.1, 0.15) is 18.3 Å². The zero-order chi connectivity index (χ0) is 27.3. The molecule has 0 saturated carbocycles. The number of ether oxygens (including phenoxy) is 1. The predicted octanol–water partition coefficient (Wildman–Crippen LogP) is 3.12. The summed E-state index contributed by atoms with van der Waals surface area (Å²) >= 11 is 1.35. The SMILES string of the molecule is CCOc1ccccc1[C@@H](NS(=O)(=O)c1ccc2[nH]c(=O)ccc2c1)C(=O)N(CC(=O)O)Cc1cccs1. The highest BCUT2D eigenvalue weighted by molar-refractivity contribution is 7.89. The molecule has 0 aliphatic rings. The molecule has 0 spiro atoms. The van der Waals surface area contributed by atoms with Crippen LogP contribution in [0.2, 0.25) is 0 Å². The van der Waals surface area contributed by atoms with Crippen molar-refractivity contribution in [2.45, 2.75) is 24.4 Å². The largest absolute Gasteiger partial charge is 0.494 e. The van der Waals surface area contributed by atoms with Gasteiger partial charge in [0.2, 0.25) is 21.5 Å². The van der Waals surface area contributed by atoms with Gasteiger partial charge in [-0.2, -0.15) is 4.72 Å². The Kier molecular flexibility index (Phi) is 8.25. The van der Waals surface area contributed by atoms with Gasteiger partial charge in [0.25, 0.3) is 0 Å². The van der Waals surface area contributed by atoms with Crippen molar-refractivity contribution in [3.8, 4) is 5.75 Å². The highest BCUT2D eigenvalue weighted by Gasteiger charge is 2.34. The number of amides is 1. The van der Waals surface area contributed by atoms with Crippen LogP contribution in [0.25, 0.3) is 10.9 Å². The molecule has 38 heavy (non-hydrogen) atoms. The third-order valence-corrected chi connectivity index (χ3v) is 7.90. The summed E-state index contributed by atoms with van der Waals surface area (Å²) in [5, 5.41) is 11.8. The molecule has 4 aromatic rings. The highest BCUT2D eigenvalue weighted by atomic mass is 32.2. The first-order chi connectivity index (χ1) is 18.2. The van der Waals surface area contributed by atoms with Gasteiger partial charge in [-0.3, -0.25) is 14.4 Å². The lowest BCUT2D eigenvalue weighted by atomic mass is 10.0. The number of para-hydroxylation sites is 1. The molecule has 2 aromatic heterocycles. The van der Waals surface area contributed by atoms with E-state index < -0.39 is 34.5 Å². The fourth-order valence-electron chi connectivity index (χ4n) is 3.92. The molecule has 0 saturated heterocycles. The number of aromatic amines is 1. The minimum Gasteiger partial charge on any atom is -0.494 e. The second kappa shape index (κ2) is 11.6. The van der Waals surface area contributed by atoms with Crippen LogP contribution in [0, 0.1) is 0 Å². The number of hydrogen-bond donors (Lipinski definition) is 3. The van der Waals surface area contributed by atoms with E-state index in [1.807, 2.05) is 0 Å². The van der Waals surface area contributed by atoms with Crippen LogP contribution in [0.15, 0.2) is 81.8 Å². The molecule has 12 heteroatoms. The minimum absolute atomic E-state index is 0.0127. The molecular weight excluding hydrogens is 530 g/mol. The number of pyridine rings is 1. The smallest absolute Gasteiger partial charge is 0.323 e. The standard InChI is InChI=1S/C26H25N3O7S2/c1-2-36-22-8-4-3-7-20(22)25(26(33)29(16-24(31)32)15-18-6-5-13-37-18)28-38(34,35)19-10-11-21-17(14-19)9-12-23(30)27-21/h3-14,25,28H,2,15-16H2,1H3,(H,27,30)(H,31,32)/t25-/m1/s1. The lowest BCUT2D eigenvalue weighted by Gasteiger charge is -2.27. The summed E-state index contributed by atoms with van der Waals surface area (Å²) in [7, 11) is -4.30. The third kappa shape index (κ3) is 6.28. The van der Waals surface area contributed by atoms with Crippen molar-refractivity contribution in [2.75, 3.05) is 13.2 Å². The van der Waals surface area contributed by atoms with E-state index in [0.29, 0.717) is 16.7 Å². The van der Waals surface area contributed by atoms with Gasteiger partial charge in [0.15, 0.2) is 0 Å². The number of nitrogens with zero attached hydrogens (tertiary/aromatic N) is 1. The number of hydrogen-bond acceptors (Lipinski definition) is 7. The number of nitrogens with one attached hydrogen (secondary N) is 2. The van der Waals surface area contributed by atoms with Gasteiger partial charge in [0.05, 0.1) is 18.0 Å². The summed E-state index contributed by atoms with van der Waals surface area (Å²) in [6, 6.07) is 15.5. The number of H-pyrrole nitrogens is 1. The van der Waals surface area contributed by atoms with Crippen molar-refractivity contribution in [2.24, 2.45) is 0 Å². The number of sulfonamides is 1. The van der Waals surface area contributed by atoms with Crippen molar-refractivity contribution in [1.82, 2.24) is 14.6 Å². The molecule has 2 heterocycles. The molecule has 4 rings (SSSR count). The Morgan fingerprint density at radius 3 is 2.61 bits per heavy atom. The number of benzene rings is 2. The Balaban J connectivity index is 1.77. The number of thiophene rings is 1. The topological polar surface area (TPSA) is 146 Å². The maximum absolute atomic E-state index is 13.9. The Hall–Kier alpha value is -4.00. The molecule has 0 aliphatic carbocycles. The van der Waals surface area contributed by atoms with E-state index in [-0.39, 0.29) is 29.2 Å². The van der Waals surface area contributed by atoms with Crippen LogP contribution >= 0.6 is 11.3 Å². The van der Waals surface area contributed by atoms with Crippen LogP contribution in [0.1, 0.15) is 23.4 Å². The van der Waals surface area contributed by atoms with Crippen LogP contribution in [0.5, 0.6) is 5.75 Å². The lowest BCUT2D eigenvalue weighted by molar-refractivity contribution is -0.145. The molecule has 2 aromatic carbocycles. The first-order valence-electron chi connectivity index (χ1n) is 11.6. The first-order valence-corrected chi connectivity index (χ1v) is 13.9. The van der Waals surface area contributed by atoms with Gasteiger partial charge in [-0.25, -0.2) is 8.42 Å². The number of carbonyl (C=O) groups is 2. The van der Waals surface area contributed by atoms with E-state index in [4.69, 9.17) is 4.74 Å². The summed E-state index contributed by atoms with van der Waals surface area (Å²) in [5.41, 5.74) is 0.373. The van der Waals surface area contributed by atoms with E-state index in [9.17, 15) is 27.9 Å². The molecule has 0 fully saturated rings. The molecule has 198 valence electrons. The molecule has 0 aliphatic heterocycles. The van der Waals surface area contributed by atoms with E-state index in [0.717, 1.165) is 9.78 Å². The zero-order valence-electron chi connectivity index (χ0n) is 20.3. The van der Waals surface area contributed by atoms with E-state index in [1.54, 1.807) is 48.7 Å². The summed E-state index contributed by atoms with van der Waals surface area (Å²) in [5.74, 6) is -1.70. The van der Waals surface area contributed by atoms with Gasteiger partial charge >= 0.3 is 5.97 Å². The number of carboxylic acids is 1. The molecule has 0 bridgehead atoms. The molecule has 10 nitrogen and oxygen atoms in total. The van der Waals surface area contributed by atoms with Gasteiger partial charge in [-0.05, 0) is 54.1 Å². The van der Waals surface area contributed by atoms with Crippen LogP contribution in [0.4, 0.5) is 0 Å². The lowest BCUT2D eigenvalue weighted by Crippen LogP contribution is -2.44. The Labute approximate surface area is 222 Å². The normalized spacial score (nSPS) is 12.2. The van der Waals surface area contributed by atoms with Gasteiger partial charge < -0.3 is 19.7 Å². The fraction of sp³-hybridized carbons (Fsp3) is 0.192. The van der Waals surface area contributed by atoms with E-state index >= 15 is 0 Å². The number of fused-ring (bicyclic) bond motifs is 1. The van der Waals surface area contributed by atoms with Crippen molar-refractivity contribution in [3.63, 3.8) is 0 Å². The first kappa shape index (κ1) is 27.0. The molecule has 0 radical (unpaired) electrons. The van der Waals surface area contributed by atoms with E-state index in [1.165, 1.54) is 41.7 Å². The monoisotopic (exact) mass is 555 g/mol. The maximum atomic E-state index is 13.9. The number of carbonyl (C=O) groups excluding carboxylic acids is 1. The second-order valence-electron chi connectivity index (χ2n) is 8.26. The van der Waals surface area contributed by atoms with Crippen LogP contribution in [0.3, 0.4) is 0 Å². The second-order valence-corrected chi connectivity index (χ2v) is 11.0. The van der Waals surface area contributed by atoms with Crippen molar-refractivity contribution in [3.05, 3.63) is 92.9 Å². The zero-order valence-corrected chi connectivity index (χ0v) is 21.9. The number of aromatic nitrogens is 1. The Bertz CT molecular complexity index is 1620.